The molecule has 0 bridgehead atoms. The van der Waals surface area contributed by atoms with Crippen LogP contribution in [-0.4, -0.2) is 0 Å². The number of nitrogens with two attached hydrogens (primary N) is 1. The first-order valence-electron chi connectivity index (χ1n) is 3.48. The Balaban J connectivity index is 0.00000144. The number of rotatable bonds is 2. The Morgan fingerprint density at radius 1 is 1.54 bits per heavy atom. The van der Waals surface area contributed by atoms with Crippen molar-refractivity contribution in [2.24, 2.45) is 5.73 Å². The Bertz CT molecular complexity index is 302. The van der Waals surface area contributed by atoms with E-state index in [0.717, 1.165) is 10.0 Å². The average molecular weight is 283 g/mol. The highest BCUT2D eigenvalue weighted by Gasteiger charge is 2.03. The van der Waals surface area contributed by atoms with Gasteiger partial charge in [-0.1, -0.05) is 23.7 Å². The van der Waals surface area contributed by atoms with E-state index in [1.165, 1.54) is 0 Å². The van der Waals surface area contributed by atoms with Crippen molar-refractivity contribution in [3.05, 3.63) is 45.9 Å². The highest BCUT2D eigenvalue weighted by atomic mass is 79.9. The largest absolute Gasteiger partial charge is 0.321 e. The van der Waals surface area contributed by atoms with Gasteiger partial charge in [-0.3, -0.25) is 0 Å². The molecule has 1 aromatic carbocycles. The molecular formula is C9H10BrCl2N. The Hall–Kier alpha value is -0.0200. The number of halogens is 3. The molecule has 0 amide bonds. The van der Waals surface area contributed by atoms with Gasteiger partial charge in [-0.15, -0.1) is 19.0 Å². The third kappa shape index (κ3) is 3.31. The zero-order valence-corrected chi connectivity index (χ0v) is 9.99. The van der Waals surface area contributed by atoms with Gasteiger partial charge in [0.2, 0.25) is 0 Å². The van der Waals surface area contributed by atoms with Crippen LogP contribution in [0.4, 0.5) is 0 Å². The number of benzene rings is 1. The second kappa shape index (κ2) is 5.66. The third-order valence-electron chi connectivity index (χ3n) is 1.58. The summed E-state index contributed by atoms with van der Waals surface area (Å²) in [6, 6.07) is 5.47. The highest BCUT2D eigenvalue weighted by Crippen LogP contribution is 2.25. The van der Waals surface area contributed by atoms with Crippen LogP contribution in [0.25, 0.3) is 0 Å². The van der Waals surface area contributed by atoms with Gasteiger partial charge in [0.25, 0.3) is 0 Å². The molecule has 0 heterocycles. The maximum Gasteiger partial charge on any atom is 0.0548 e. The Morgan fingerprint density at radius 2 is 2.15 bits per heavy atom. The normalized spacial score (nSPS) is 11.6. The van der Waals surface area contributed by atoms with E-state index >= 15 is 0 Å². The van der Waals surface area contributed by atoms with E-state index in [9.17, 15) is 0 Å². The average Bonchev–Trinajstić information content (AvgIpc) is 2.08. The molecule has 0 unspecified atom stereocenters. The summed E-state index contributed by atoms with van der Waals surface area (Å²) in [6.07, 6.45) is 1.69. The molecule has 72 valence electrons. The van der Waals surface area contributed by atoms with Crippen LogP contribution in [0.15, 0.2) is 35.3 Å². The molecule has 1 atom stereocenters. The summed E-state index contributed by atoms with van der Waals surface area (Å²) in [4.78, 5) is 0. The lowest BCUT2D eigenvalue weighted by molar-refractivity contribution is 0.913. The highest BCUT2D eigenvalue weighted by molar-refractivity contribution is 9.10. The van der Waals surface area contributed by atoms with Crippen LogP contribution >= 0.6 is 39.9 Å². The predicted molar refractivity (Wildman–Crippen MR) is 63.5 cm³/mol. The van der Waals surface area contributed by atoms with Crippen molar-refractivity contribution in [3.8, 4) is 0 Å². The minimum atomic E-state index is -0.126. The monoisotopic (exact) mass is 281 g/mol. The number of hydrogen-bond donors (Lipinski definition) is 1. The fourth-order valence-corrected chi connectivity index (χ4v) is 1.37. The molecule has 0 aliphatic heterocycles. The lowest BCUT2D eigenvalue weighted by Crippen LogP contribution is -2.05. The summed E-state index contributed by atoms with van der Waals surface area (Å²) in [5.74, 6) is 0. The first-order chi connectivity index (χ1) is 5.65. The van der Waals surface area contributed by atoms with E-state index in [-0.39, 0.29) is 18.4 Å². The van der Waals surface area contributed by atoms with Crippen molar-refractivity contribution in [1.82, 2.24) is 0 Å². The molecule has 0 saturated heterocycles. The van der Waals surface area contributed by atoms with Gasteiger partial charge < -0.3 is 5.73 Å². The fourth-order valence-electron chi connectivity index (χ4n) is 0.856. The molecule has 1 aromatic rings. The van der Waals surface area contributed by atoms with E-state index in [0.29, 0.717) is 5.02 Å². The fraction of sp³-hybridized carbons (Fsp3) is 0.111. The van der Waals surface area contributed by atoms with Crippen LogP contribution in [-0.2, 0) is 0 Å². The van der Waals surface area contributed by atoms with Crippen molar-refractivity contribution in [2.45, 2.75) is 6.04 Å². The summed E-state index contributed by atoms with van der Waals surface area (Å²) in [6.45, 7) is 3.62. The standard InChI is InChI=1S/C9H9BrClN.ClH/c1-2-9(12)6-3-4-8(11)7(10)5-6;/h2-5,9H,1,12H2;1H/t9-;/m0./s1. The molecule has 2 N–H and O–H groups in total. The maximum atomic E-state index is 5.82. The maximum absolute atomic E-state index is 5.82. The van der Waals surface area contributed by atoms with Gasteiger partial charge in [0, 0.05) is 10.5 Å². The van der Waals surface area contributed by atoms with Crippen LogP contribution in [0.5, 0.6) is 0 Å². The van der Waals surface area contributed by atoms with E-state index in [2.05, 4.69) is 22.5 Å². The summed E-state index contributed by atoms with van der Waals surface area (Å²) < 4.78 is 0.860. The van der Waals surface area contributed by atoms with Crippen LogP contribution in [0.2, 0.25) is 5.02 Å². The second-order valence-corrected chi connectivity index (χ2v) is 3.70. The minimum Gasteiger partial charge on any atom is -0.321 e. The number of hydrogen-bond acceptors (Lipinski definition) is 1. The lowest BCUT2D eigenvalue weighted by atomic mass is 10.1. The first kappa shape index (κ1) is 13.0. The van der Waals surface area contributed by atoms with Crippen LogP contribution in [0, 0.1) is 0 Å². The Morgan fingerprint density at radius 3 is 2.62 bits per heavy atom. The van der Waals surface area contributed by atoms with E-state index in [4.69, 9.17) is 17.3 Å². The van der Waals surface area contributed by atoms with Crippen LogP contribution < -0.4 is 5.73 Å². The zero-order valence-electron chi connectivity index (χ0n) is 6.84. The molecular weight excluding hydrogens is 273 g/mol. The zero-order chi connectivity index (χ0) is 9.14. The van der Waals surface area contributed by atoms with Crippen molar-refractivity contribution in [1.29, 1.82) is 0 Å². The lowest BCUT2D eigenvalue weighted by Gasteiger charge is -2.07. The second-order valence-electron chi connectivity index (χ2n) is 2.44. The van der Waals surface area contributed by atoms with Crippen molar-refractivity contribution in [3.63, 3.8) is 0 Å². The molecule has 1 nitrogen and oxygen atoms in total. The summed E-state index contributed by atoms with van der Waals surface area (Å²) in [5, 5.41) is 0.690. The molecule has 0 spiro atoms. The van der Waals surface area contributed by atoms with E-state index in [1.807, 2.05) is 18.2 Å². The molecule has 0 fully saturated rings. The van der Waals surface area contributed by atoms with Gasteiger partial charge in [-0.25, -0.2) is 0 Å². The minimum absolute atomic E-state index is 0. The summed E-state index contributed by atoms with van der Waals surface area (Å²) in [7, 11) is 0. The summed E-state index contributed by atoms with van der Waals surface area (Å²) >= 11 is 9.14. The molecule has 0 aliphatic rings. The molecule has 13 heavy (non-hydrogen) atoms. The molecule has 4 heteroatoms. The SMILES string of the molecule is C=C[C@H](N)c1ccc(Cl)c(Br)c1.Cl. The van der Waals surface area contributed by atoms with Crippen molar-refractivity contribution < 1.29 is 0 Å². The van der Waals surface area contributed by atoms with Gasteiger partial charge in [0.05, 0.1) is 5.02 Å². The Kier molecular flexibility index (Phi) is 5.65. The first-order valence-corrected chi connectivity index (χ1v) is 4.65. The molecule has 1 rings (SSSR count). The van der Waals surface area contributed by atoms with Crippen molar-refractivity contribution >= 4 is 39.9 Å². The molecule has 0 saturated carbocycles. The van der Waals surface area contributed by atoms with Gasteiger partial charge in [-0.2, -0.15) is 0 Å². The van der Waals surface area contributed by atoms with Crippen molar-refractivity contribution in [2.75, 3.05) is 0 Å². The summed E-state index contributed by atoms with van der Waals surface area (Å²) in [5.41, 5.74) is 6.73. The van der Waals surface area contributed by atoms with E-state index in [1.54, 1.807) is 6.08 Å². The van der Waals surface area contributed by atoms with Gasteiger partial charge in [-0.05, 0) is 33.6 Å². The van der Waals surface area contributed by atoms with Gasteiger partial charge in [0.15, 0.2) is 0 Å². The van der Waals surface area contributed by atoms with E-state index < -0.39 is 0 Å². The quantitative estimate of drug-likeness (QED) is 0.823. The van der Waals surface area contributed by atoms with Gasteiger partial charge in [0.1, 0.15) is 0 Å². The topological polar surface area (TPSA) is 26.0 Å². The molecule has 0 aliphatic carbocycles. The van der Waals surface area contributed by atoms with Crippen LogP contribution in [0.1, 0.15) is 11.6 Å². The third-order valence-corrected chi connectivity index (χ3v) is 2.80. The molecule has 0 aromatic heterocycles. The predicted octanol–water partition coefficient (Wildman–Crippen LogP) is 3.71. The van der Waals surface area contributed by atoms with Crippen LogP contribution in [0.3, 0.4) is 0 Å². The molecule has 0 radical (unpaired) electrons. The smallest absolute Gasteiger partial charge is 0.0548 e. The Labute approximate surface area is 97.5 Å². The van der Waals surface area contributed by atoms with Gasteiger partial charge >= 0.3 is 0 Å².